The third-order valence-electron chi connectivity index (χ3n) is 2.95. The van der Waals surface area contributed by atoms with E-state index in [1.54, 1.807) is 11.3 Å². The monoisotopic (exact) mass is 238 g/mol. The molecule has 1 saturated heterocycles. The van der Waals surface area contributed by atoms with Gasteiger partial charge in [0.05, 0.1) is 4.88 Å². The second-order valence-electron chi connectivity index (χ2n) is 4.02. The summed E-state index contributed by atoms with van der Waals surface area (Å²) in [5.41, 5.74) is 1.19. The van der Waals surface area contributed by atoms with E-state index in [4.69, 9.17) is 0 Å². The molecule has 2 rings (SSSR count). The molecule has 1 N–H and O–H groups in total. The molecule has 88 valence electrons. The van der Waals surface area contributed by atoms with Crippen LogP contribution < -0.4 is 5.32 Å². The molecule has 0 saturated carbocycles. The number of nitrogens with zero attached hydrogens (tertiary/aromatic N) is 1. The molecule has 2 heterocycles. The first-order valence-electron chi connectivity index (χ1n) is 5.89. The first kappa shape index (κ1) is 11.6. The molecule has 0 aliphatic carbocycles. The first-order valence-corrected chi connectivity index (χ1v) is 6.77. The number of hydrogen-bond donors (Lipinski definition) is 1. The Morgan fingerprint density at radius 2 is 2.38 bits per heavy atom. The van der Waals surface area contributed by atoms with Crippen LogP contribution in [0.25, 0.3) is 0 Å². The standard InChI is InChI=1S/C12H18N2OS/c1-2-10-4-9-16-11(10)12(15)14-7-3-5-13-6-8-14/h4,9,13H,2-3,5-8H2,1H3. The van der Waals surface area contributed by atoms with Crippen LogP contribution in [0, 0.1) is 0 Å². The fraction of sp³-hybridized carbons (Fsp3) is 0.583. The summed E-state index contributed by atoms with van der Waals surface area (Å²) in [6.45, 7) is 5.75. The van der Waals surface area contributed by atoms with Gasteiger partial charge in [0.1, 0.15) is 0 Å². The molecule has 3 nitrogen and oxygen atoms in total. The van der Waals surface area contributed by atoms with Gasteiger partial charge in [0.15, 0.2) is 0 Å². The number of nitrogens with one attached hydrogen (secondary N) is 1. The van der Waals surface area contributed by atoms with Gasteiger partial charge in [-0.1, -0.05) is 6.92 Å². The average Bonchev–Trinajstić information content (AvgIpc) is 2.61. The van der Waals surface area contributed by atoms with Gasteiger partial charge in [0.25, 0.3) is 5.91 Å². The molecule has 1 aromatic rings. The summed E-state index contributed by atoms with van der Waals surface area (Å²) in [6, 6.07) is 2.06. The third kappa shape index (κ3) is 2.44. The van der Waals surface area contributed by atoms with Gasteiger partial charge in [-0.2, -0.15) is 0 Å². The van der Waals surface area contributed by atoms with Crippen molar-refractivity contribution in [3.8, 4) is 0 Å². The van der Waals surface area contributed by atoms with Crippen molar-refractivity contribution in [2.24, 2.45) is 0 Å². The van der Waals surface area contributed by atoms with Gasteiger partial charge in [-0.15, -0.1) is 11.3 Å². The lowest BCUT2D eigenvalue weighted by atomic mass is 10.2. The van der Waals surface area contributed by atoms with E-state index in [9.17, 15) is 4.79 Å². The van der Waals surface area contributed by atoms with E-state index in [1.165, 1.54) is 5.56 Å². The maximum Gasteiger partial charge on any atom is 0.264 e. The molecular formula is C12H18N2OS. The Morgan fingerprint density at radius 1 is 1.50 bits per heavy atom. The molecule has 1 aromatic heterocycles. The second kappa shape index (κ2) is 5.46. The summed E-state index contributed by atoms with van der Waals surface area (Å²) in [5.74, 6) is 0.218. The molecule has 1 aliphatic rings. The molecule has 0 spiro atoms. The zero-order valence-electron chi connectivity index (χ0n) is 9.66. The van der Waals surface area contributed by atoms with Crippen LogP contribution in [-0.2, 0) is 6.42 Å². The number of amides is 1. The van der Waals surface area contributed by atoms with Gasteiger partial charge in [-0.25, -0.2) is 0 Å². The van der Waals surface area contributed by atoms with Gasteiger partial charge in [0, 0.05) is 19.6 Å². The van der Waals surface area contributed by atoms with Crippen LogP contribution in [0.1, 0.15) is 28.6 Å². The van der Waals surface area contributed by atoms with Crippen LogP contribution >= 0.6 is 11.3 Å². The van der Waals surface area contributed by atoms with Gasteiger partial charge in [0.2, 0.25) is 0 Å². The van der Waals surface area contributed by atoms with Crippen LogP contribution in [0.15, 0.2) is 11.4 Å². The fourth-order valence-electron chi connectivity index (χ4n) is 1.99. The average molecular weight is 238 g/mol. The molecule has 1 fully saturated rings. The number of rotatable bonds is 2. The van der Waals surface area contributed by atoms with Gasteiger partial charge < -0.3 is 10.2 Å². The van der Waals surface area contributed by atoms with Crippen LogP contribution in [0.5, 0.6) is 0 Å². The van der Waals surface area contributed by atoms with E-state index in [-0.39, 0.29) is 5.91 Å². The summed E-state index contributed by atoms with van der Waals surface area (Å²) >= 11 is 1.57. The Kier molecular flexibility index (Phi) is 3.96. The lowest BCUT2D eigenvalue weighted by Crippen LogP contribution is -2.34. The minimum Gasteiger partial charge on any atom is -0.337 e. The molecule has 1 aliphatic heterocycles. The number of carbonyl (C=O) groups excluding carboxylic acids is 1. The normalized spacial score (nSPS) is 17.2. The maximum absolute atomic E-state index is 12.3. The zero-order chi connectivity index (χ0) is 11.4. The summed E-state index contributed by atoms with van der Waals surface area (Å²) in [4.78, 5) is 15.2. The molecule has 0 atom stereocenters. The minimum absolute atomic E-state index is 0.218. The van der Waals surface area contributed by atoms with E-state index in [2.05, 4.69) is 18.3 Å². The van der Waals surface area contributed by atoms with Crippen LogP contribution in [0.3, 0.4) is 0 Å². The minimum atomic E-state index is 0.218. The molecule has 0 unspecified atom stereocenters. The molecular weight excluding hydrogens is 220 g/mol. The Bertz CT molecular complexity index is 354. The van der Waals surface area contributed by atoms with Gasteiger partial charge >= 0.3 is 0 Å². The summed E-state index contributed by atoms with van der Waals surface area (Å²) in [6.07, 6.45) is 2.00. The predicted octanol–water partition coefficient (Wildman–Crippen LogP) is 1.75. The van der Waals surface area contributed by atoms with Crippen molar-refractivity contribution < 1.29 is 4.79 Å². The van der Waals surface area contributed by atoms with Gasteiger partial charge in [-0.05, 0) is 36.4 Å². The maximum atomic E-state index is 12.3. The van der Waals surface area contributed by atoms with E-state index < -0.39 is 0 Å². The number of hydrogen-bond acceptors (Lipinski definition) is 3. The highest BCUT2D eigenvalue weighted by molar-refractivity contribution is 7.12. The predicted molar refractivity (Wildman–Crippen MR) is 67.1 cm³/mol. The van der Waals surface area contributed by atoms with E-state index in [0.29, 0.717) is 0 Å². The number of thiophene rings is 1. The first-order chi connectivity index (χ1) is 7.83. The van der Waals surface area contributed by atoms with E-state index in [1.807, 2.05) is 10.3 Å². The number of carbonyl (C=O) groups is 1. The Morgan fingerprint density at radius 3 is 3.19 bits per heavy atom. The van der Waals surface area contributed by atoms with E-state index in [0.717, 1.165) is 43.9 Å². The molecule has 1 amide bonds. The molecule has 0 aromatic carbocycles. The lowest BCUT2D eigenvalue weighted by Gasteiger charge is -2.19. The van der Waals surface area contributed by atoms with Gasteiger partial charge in [-0.3, -0.25) is 4.79 Å². The van der Waals surface area contributed by atoms with Crippen molar-refractivity contribution in [2.45, 2.75) is 19.8 Å². The Balaban J connectivity index is 2.11. The molecule has 16 heavy (non-hydrogen) atoms. The second-order valence-corrected chi connectivity index (χ2v) is 4.94. The highest BCUT2D eigenvalue weighted by atomic mass is 32.1. The smallest absolute Gasteiger partial charge is 0.264 e. The Labute approximate surface area is 100 Å². The van der Waals surface area contributed by atoms with Crippen molar-refractivity contribution in [3.05, 3.63) is 21.9 Å². The zero-order valence-corrected chi connectivity index (χ0v) is 10.5. The summed E-state index contributed by atoms with van der Waals surface area (Å²) in [5, 5.41) is 5.33. The lowest BCUT2D eigenvalue weighted by molar-refractivity contribution is 0.0770. The summed E-state index contributed by atoms with van der Waals surface area (Å²) in [7, 11) is 0. The Hall–Kier alpha value is -0.870. The van der Waals surface area contributed by atoms with E-state index >= 15 is 0 Å². The highest BCUT2D eigenvalue weighted by Gasteiger charge is 2.20. The van der Waals surface area contributed by atoms with Crippen LogP contribution in [0.4, 0.5) is 0 Å². The van der Waals surface area contributed by atoms with Crippen molar-refractivity contribution in [1.82, 2.24) is 10.2 Å². The third-order valence-corrected chi connectivity index (χ3v) is 3.89. The summed E-state index contributed by atoms with van der Waals surface area (Å²) < 4.78 is 0. The SMILES string of the molecule is CCc1ccsc1C(=O)N1CCCNCC1. The van der Waals surface area contributed by atoms with Crippen molar-refractivity contribution in [2.75, 3.05) is 26.2 Å². The van der Waals surface area contributed by atoms with Crippen LogP contribution in [0.2, 0.25) is 0 Å². The molecule has 4 heteroatoms. The molecule has 0 radical (unpaired) electrons. The topological polar surface area (TPSA) is 32.3 Å². The number of aryl methyl sites for hydroxylation is 1. The molecule has 0 bridgehead atoms. The van der Waals surface area contributed by atoms with Crippen molar-refractivity contribution in [1.29, 1.82) is 0 Å². The van der Waals surface area contributed by atoms with Crippen LogP contribution in [-0.4, -0.2) is 37.0 Å². The van der Waals surface area contributed by atoms with Crippen molar-refractivity contribution in [3.63, 3.8) is 0 Å². The highest BCUT2D eigenvalue weighted by Crippen LogP contribution is 2.19. The van der Waals surface area contributed by atoms with Crippen molar-refractivity contribution >= 4 is 17.2 Å². The largest absolute Gasteiger partial charge is 0.337 e. The fourth-order valence-corrected chi connectivity index (χ4v) is 2.96. The quantitative estimate of drug-likeness (QED) is 0.851.